The number of nitrogens with zero attached hydrogens (tertiary/aromatic N) is 1. The van der Waals surface area contributed by atoms with Crippen molar-refractivity contribution < 1.29 is 9.84 Å². The molecule has 17 heavy (non-hydrogen) atoms. The zero-order chi connectivity index (χ0) is 12.8. The number of nitrogens with one attached hydrogen (secondary N) is 1. The molecule has 1 rings (SSSR count). The van der Waals surface area contributed by atoms with Crippen LogP contribution in [0.4, 0.5) is 0 Å². The van der Waals surface area contributed by atoms with E-state index in [-0.39, 0.29) is 25.8 Å². The molecule has 6 nitrogen and oxygen atoms in total. The second-order valence-corrected chi connectivity index (χ2v) is 3.60. The SMILES string of the molecule is [B]Cc1cn(CO[C@@H](CC)CO)c(=O)[nH]c1=O. The lowest BCUT2D eigenvalue weighted by atomic mass is 9.99. The standard InChI is InChI=1S/C10H15BN2O4/c1-2-8(5-14)17-6-13-4-7(3-11)9(15)12-10(13)16/h4,8,14H,2-3,5-6H2,1H3,(H,12,15,16)/t8-/m0/s1. The number of hydrogen-bond donors (Lipinski definition) is 2. The molecule has 2 N–H and O–H groups in total. The third-order valence-electron chi connectivity index (χ3n) is 2.41. The quantitative estimate of drug-likeness (QED) is 0.619. The van der Waals surface area contributed by atoms with Crippen molar-refractivity contribution in [2.75, 3.05) is 6.61 Å². The van der Waals surface area contributed by atoms with Crippen LogP contribution in [-0.2, 0) is 17.8 Å². The predicted molar refractivity (Wildman–Crippen MR) is 63.0 cm³/mol. The Morgan fingerprint density at radius 1 is 1.59 bits per heavy atom. The minimum atomic E-state index is -0.556. The Bertz CT molecular complexity index is 464. The highest BCUT2D eigenvalue weighted by Crippen LogP contribution is 1.98. The third-order valence-corrected chi connectivity index (χ3v) is 2.41. The molecule has 1 heterocycles. The average molecular weight is 238 g/mol. The Morgan fingerprint density at radius 3 is 2.82 bits per heavy atom. The number of H-pyrrole nitrogens is 1. The van der Waals surface area contributed by atoms with E-state index in [0.29, 0.717) is 12.0 Å². The maximum absolute atomic E-state index is 11.4. The van der Waals surface area contributed by atoms with Crippen LogP contribution in [0.2, 0.25) is 0 Å². The minimum Gasteiger partial charge on any atom is -0.394 e. The number of aliphatic hydroxyl groups excluding tert-OH is 1. The minimum absolute atomic E-state index is 0.0261. The number of hydrogen-bond acceptors (Lipinski definition) is 4. The van der Waals surface area contributed by atoms with E-state index >= 15 is 0 Å². The Labute approximate surface area is 99.7 Å². The van der Waals surface area contributed by atoms with E-state index in [0.717, 1.165) is 0 Å². The van der Waals surface area contributed by atoms with Gasteiger partial charge in [0.05, 0.1) is 20.6 Å². The van der Waals surface area contributed by atoms with Gasteiger partial charge in [-0.2, -0.15) is 0 Å². The molecule has 0 bridgehead atoms. The molecule has 2 radical (unpaired) electrons. The molecular formula is C10H15BN2O4. The van der Waals surface area contributed by atoms with Crippen molar-refractivity contribution in [2.45, 2.75) is 32.5 Å². The first-order valence-electron chi connectivity index (χ1n) is 5.37. The lowest BCUT2D eigenvalue weighted by molar-refractivity contribution is -0.0269. The fraction of sp³-hybridized carbons (Fsp3) is 0.600. The van der Waals surface area contributed by atoms with Gasteiger partial charge >= 0.3 is 5.69 Å². The molecule has 0 aliphatic heterocycles. The van der Waals surface area contributed by atoms with Crippen molar-refractivity contribution in [1.29, 1.82) is 0 Å². The van der Waals surface area contributed by atoms with Crippen molar-refractivity contribution in [2.24, 2.45) is 0 Å². The number of aliphatic hydroxyl groups is 1. The average Bonchev–Trinajstić information content (AvgIpc) is 2.32. The summed E-state index contributed by atoms with van der Waals surface area (Å²) < 4.78 is 6.51. The Morgan fingerprint density at radius 2 is 2.29 bits per heavy atom. The van der Waals surface area contributed by atoms with E-state index in [1.165, 1.54) is 10.8 Å². The fourth-order valence-electron chi connectivity index (χ4n) is 1.28. The molecule has 0 spiro atoms. The lowest BCUT2D eigenvalue weighted by Crippen LogP contribution is -2.33. The van der Waals surface area contributed by atoms with Crippen LogP contribution in [0.5, 0.6) is 0 Å². The van der Waals surface area contributed by atoms with Gasteiger partial charge in [-0.15, -0.1) is 0 Å². The molecule has 0 unspecified atom stereocenters. The number of rotatable bonds is 6. The van der Waals surface area contributed by atoms with Crippen LogP contribution >= 0.6 is 0 Å². The molecule has 0 saturated heterocycles. The molecular weight excluding hydrogens is 223 g/mol. The monoisotopic (exact) mass is 238 g/mol. The summed E-state index contributed by atoms with van der Waals surface area (Å²) >= 11 is 0. The van der Waals surface area contributed by atoms with Gasteiger partial charge in [-0.05, 0) is 6.42 Å². The van der Waals surface area contributed by atoms with E-state index in [9.17, 15) is 9.59 Å². The normalized spacial score (nSPS) is 12.6. The highest BCUT2D eigenvalue weighted by Gasteiger charge is 2.07. The molecule has 0 saturated carbocycles. The highest BCUT2D eigenvalue weighted by atomic mass is 16.5. The van der Waals surface area contributed by atoms with E-state index in [1.807, 2.05) is 6.92 Å². The van der Waals surface area contributed by atoms with Crippen molar-refractivity contribution in [1.82, 2.24) is 9.55 Å². The summed E-state index contributed by atoms with van der Waals surface area (Å²) in [5.41, 5.74) is -0.729. The molecule has 1 aromatic rings. The largest absolute Gasteiger partial charge is 0.394 e. The summed E-state index contributed by atoms with van der Waals surface area (Å²) in [7, 11) is 5.36. The summed E-state index contributed by atoms with van der Waals surface area (Å²) in [6.45, 7) is 1.72. The topological polar surface area (TPSA) is 84.3 Å². The van der Waals surface area contributed by atoms with Crippen LogP contribution in [0, 0.1) is 0 Å². The van der Waals surface area contributed by atoms with Gasteiger partial charge in [-0.25, -0.2) is 4.79 Å². The fourth-order valence-corrected chi connectivity index (χ4v) is 1.28. The Kier molecular flexibility index (Phi) is 5.18. The van der Waals surface area contributed by atoms with Crippen molar-refractivity contribution in [3.05, 3.63) is 32.6 Å². The van der Waals surface area contributed by atoms with E-state index in [2.05, 4.69) is 4.98 Å². The van der Waals surface area contributed by atoms with Crippen molar-refractivity contribution >= 4 is 7.85 Å². The van der Waals surface area contributed by atoms with Gasteiger partial charge in [-0.3, -0.25) is 14.3 Å². The van der Waals surface area contributed by atoms with E-state index in [1.54, 1.807) is 0 Å². The van der Waals surface area contributed by atoms with Gasteiger partial charge in [0, 0.05) is 11.8 Å². The number of aromatic nitrogens is 2. The molecule has 0 fully saturated rings. The van der Waals surface area contributed by atoms with Gasteiger partial charge in [0.25, 0.3) is 5.56 Å². The molecule has 92 valence electrons. The van der Waals surface area contributed by atoms with Crippen LogP contribution < -0.4 is 11.2 Å². The van der Waals surface area contributed by atoms with Crippen LogP contribution in [0.25, 0.3) is 0 Å². The van der Waals surface area contributed by atoms with E-state index < -0.39 is 11.2 Å². The Balaban J connectivity index is 2.84. The van der Waals surface area contributed by atoms with Gasteiger partial charge in [0.15, 0.2) is 0 Å². The molecule has 0 aliphatic rings. The van der Waals surface area contributed by atoms with Crippen LogP contribution in [0.1, 0.15) is 18.9 Å². The summed E-state index contributed by atoms with van der Waals surface area (Å²) in [5.74, 6) is 0. The van der Waals surface area contributed by atoms with Gasteiger partial charge in [0.1, 0.15) is 6.73 Å². The summed E-state index contributed by atoms with van der Waals surface area (Å²) in [5, 5.41) is 8.93. The highest BCUT2D eigenvalue weighted by molar-refractivity contribution is 6.08. The number of aromatic amines is 1. The smallest absolute Gasteiger partial charge is 0.330 e. The Hall–Kier alpha value is -1.34. The third kappa shape index (κ3) is 3.57. The van der Waals surface area contributed by atoms with Crippen LogP contribution in [0.15, 0.2) is 15.8 Å². The first kappa shape index (κ1) is 13.7. The van der Waals surface area contributed by atoms with Crippen molar-refractivity contribution in [3.8, 4) is 0 Å². The summed E-state index contributed by atoms with van der Waals surface area (Å²) in [6.07, 6.45) is 1.73. The predicted octanol–water partition coefficient (Wildman–Crippen LogP) is -1.05. The zero-order valence-corrected chi connectivity index (χ0v) is 9.68. The number of ether oxygens (including phenoxy) is 1. The maximum Gasteiger partial charge on any atom is 0.330 e. The van der Waals surface area contributed by atoms with Crippen molar-refractivity contribution in [3.63, 3.8) is 0 Å². The lowest BCUT2D eigenvalue weighted by Gasteiger charge is -2.14. The molecule has 1 atom stereocenters. The summed E-state index contributed by atoms with van der Waals surface area (Å²) in [6, 6.07) is 0. The first-order chi connectivity index (χ1) is 8.12. The van der Waals surface area contributed by atoms with Crippen LogP contribution in [-0.4, -0.2) is 35.2 Å². The van der Waals surface area contributed by atoms with Gasteiger partial charge < -0.3 is 9.84 Å². The second-order valence-electron chi connectivity index (χ2n) is 3.60. The van der Waals surface area contributed by atoms with E-state index in [4.69, 9.17) is 17.7 Å². The van der Waals surface area contributed by atoms with Crippen LogP contribution in [0.3, 0.4) is 0 Å². The molecule has 0 amide bonds. The van der Waals surface area contributed by atoms with Gasteiger partial charge in [-0.1, -0.05) is 13.2 Å². The summed E-state index contributed by atoms with van der Waals surface area (Å²) in [4.78, 5) is 24.8. The molecule has 0 aromatic carbocycles. The molecule has 7 heteroatoms. The zero-order valence-electron chi connectivity index (χ0n) is 9.68. The molecule has 1 aromatic heterocycles. The first-order valence-corrected chi connectivity index (χ1v) is 5.37. The molecule has 0 aliphatic carbocycles. The second kappa shape index (κ2) is 6.41. The maximum atomic E-state index is 11.4. The van der Waals surface area contributed by atoms with Gasteiger partial charge in [0.2, 0.25) is 0 Å².